The number of aromatic nitrogens is 2. The Bertz CT molecular complexity index is 1090. The fourth-order valence-corrected chi connectivity index (χ4v) is 3.33. The molecule has 3 N–H and O–H groups in total. The van der Waals surface area contributed by atoms with Crippen LogP contribution in [0.3, 0.4) is 0 Å². The second kappa shape index (κ2) is 8.16. The highest BCUT2D eigenvalue weighted by Gasteiger charge is 2.34. The van der Waals surface area contributed by atoms with Crippen LogP contribution in [-0.4, -0.2) is 45.0 Å². The van der Waals surface area contributed by atoms with Crippen LogP contribution in [0.15, 0.2) is 48.5 Å². The van der Waals surface area contributed by atoms with Gasteiger partial charge in [0, 0.05) is 13.0 Å². The molecular formula is C21H19N5O4. The molecule has 0 unspecified atom stereocenters. The lowest BCUT2D eigenvalue weighted by Gasteiger charge is -2.13. The van der Waals surface area contributed by atoms with Gasteiger partial charge in [-0.1, -0.05) is 24.3 Å². The first-order valence-electron chi connectivity index (χ1n) is 9.49. The summed E-state index contributed by atoms with van der Waals surface area (Å²) in [6.45, 7) is 0.132. The number of hydrazine groups is 1. The van der Waals surface area contributed by atoms with Crippen molar-refractivity contribution < 1.29 is 19.2 Å². The number of benzene rings is 2. The van der Waals surface area contributed by atoms with E-state index in [9.17, 15) is 19.2 Å². The maximum Gasteiger partial charge on any atom is 0.261 e. The Labute approximate surface area is 171 Å². The number of carbonyl (C=O) groups is 4. The third-order valence-corrected chi connectivity index (χ3v) is 4.77. The molecule has 1 aromatic heterocycles. The average molecular weight is 405 g/mol. The average Bonchev–Trinajstić information content (AvgIpc) is 3.26. The molecule has 3 aromatic rings. The number of nitrogens with zero attached hydrogens (tertiary/aromatic N) is 2. The van der Waals surface area contributed by atoms with Gasteiger partial charge in [0.2, 0.25) is 11.8 Å². The van der Waals surface area contributed by atoms with E-state index in [1.165, 1.54) is 0 Å². The van der Waals surface area contributed by atoms with Crippen molar-refractivity contribution in [2.45, 2.75) is 19.3 Å². The topological polar surface area (TPSA) is 124 Å². The summed E-state index contributed by atoms with van der Waals surface area (Å²) in [7, 11) is 0. The van der Waals surface area contributed by atoms with Gasteiger partial charge >= 0.3 is 0 Å². The van der Waals surface area contributed by atoms with Crippen molar-refractivity contribution in [3.63, 3.8) is 0 Å². The standard InChI is InChI=1S/C21H19N5O4/c27-18(10-5-11-26-20(29)13-6-1-2-7-14(13)21(26)30)24-25-19(28)12-17-22-15-8-3-4-9-16(15)23-17/h1-4,6-9H,5,10-12H2,(H,22,23)(H,24,27)(H,25,28). The fraction of sp³-hybridized carbons (Fsp3) is 0.190. The van der Waals surface area contributed by atoms with Gasteiger partial charge in [-0.25, -0.2) is 4.98 Å². The second-order valence-corrected chi connectivity index (χ2v) is 6.88. The van der Waals surface area contributed by atoms with E-state index in [1.807, 2.05) is 24.3 Å². The molecule has 1 aliphatic rings. The molecule has 0 atom stereocenters. The van der Waals surface area contributed by atoms with E-state index < -0.39 is 11.8 Å². The molecular weight excluding hydrogens is 386 g/mol. The molecule has 4 rings (SSSR count). The number of hydrogen-bond donors (Lipinski definition) is 3. The third-order valence-electron chi connectivity index (χ3n) is 4.77. The second-order valence-electron chi connectivity index (χ2n) is 6.88. The van der Waals surface area contributed by atoms with Gasteiger partial charge in [0.05, 0.1) is 28.6 Å². The summed E-state index contributed by atoms with van der Waals surface area (Å²) in [4.78, 5) is 57.0. The van der Waals surface area contributed by atoms with Crippen molar-refractivity contribution >= 4 is 34.7 Å². The van der Waals surface area contributed by atoms with Gasteiger partial charge in [0.15, 0.2) is 0 Å². The summed E-state index contributed by atoms with van der Waals surface area (Å²) >= 11 is 0. The predicted molar refractivity (Wildman–Crippen MR) is 107 cm³/mol. The summed E-state index contributed by atoms with van der Waals surface area (Å²) in [5.74, 6) is -1.04. The maximum atomic E-state index is 12.3. The zero-order chi connectivity index (χ0) is 21.1. The molecule has 0 saturated heterocycles. The van der Waals surface area contributed by atoms with Crippen molar-refractivity contribution in [2.24, 2.45) is 0 Å². The summed E-state index contributed by atoms with van der Waals surface area (Å²) in [5, 5.41) is 0. The molecule has 30 heavy (non-hydrogen) atoms. The van der Waals surface area contributed by atoms with Crippen LogP contribution in [0.25, 0.3) is 11.0 Å². The Hall–Kier alpha value is -4.01. The lowest BCUT2D eigenvalue weighted by molar-refractivity contribution is -0.128. The first kappa shape index (κ1) is 19.3. The van der Waals surface area contributed by atoms with E-state index in [1.54, 1.807) is 24.3 Å². The number of carbonyl (C=O) groups excluding carboxylic acids is 4. The van der Waals surface area contributed by atoms with Gasteiger partial charge in [-0.15, -0.1) is 0 Å². The largest absolute Gasteiger partial charge is 0.342 e. The van der Waals surface area contributed by atoms with E-state index in [0.717, 1.165) is 15.9 Å². The molecule has 0 spiro atoms. The SMILES string of the molecule is O=C(CCCN1C(=O)c2ccccc2C1=O)NNC(=O)Cc1nc2ccccc2[nH]1. The first-order chi connectivity index (χ1) is 14.5. The summed E-state index contributed by atoms with van der Waals surface area (Å²) in [6, 6.07) is 14.1. The van der Waals surface area contributed by atoms with Crippen molar-refractivity contribution in [1.82, 2.24) is 25.7 Å². The van der Waals surface area contributed by atoms with Gasteiger partial charge in [-0.05, 0) is 30.7 Å². The van der Waals surface area contributed by atoms with Crippen molar-refractivity contribution in [2.75, 3.05) is 6.54 Å². The Morgan fingerprint density at radius 1 is 0.900 bits per heavy atom. The predicted octanol–water partition coefficient (Wildman–Crippen LogP) is 1.33. The minimum Gasteiger partial charge on any atom is -0.342 e. The van der Waals surface area contributed by atoms with E-state index in [0.29, 0.717) is 17.0 Å². The lowest BCUT2D eigenvalue weighted by Crippen LogP contribution is -2.42. The number of rotatable bonds is 6. The normalized spacial score (nSPS) is 12.9. The molecule has 9 heteroatoms. The Morgan fingerprint density at radius 3 is 2.23 bits per heavy atom. The first-order valence-corrected chi connectivity index (χ1v) is 9.49. The summed E-state index contributed by atoms with van der Waals surface area (Å²) < 4.78 is 0. The van der Waals surface area contributed by atoms with Crippen LogP contribution in [0.1, 0.15) is 39.4 Å². The number of imide groups is 1. The Kier molecular flexibility index (Phi) is 5.25. The zero-order valence-electron chi connectivity index (χ0n) is 16.0. The minimum atomic E-state index is -0.414. The molecule has 2 heterocycles. The van der Waals surface area contributed by atoms with Crippen LogP contribution in [0.5, 0.6) is 0 Å². The van der Waals surface area contributed by atoms with Crippen molar-refractivity contribution in [1.29, 1.82) is 0 Å². The van der Waals surface area contributed by atoms with Gasteiger partial charge in [-0.3, -0.25) is 34.9 Å². The number of nitrogens with one attached hydrogen (secondary N) is 3. The molecule has 0 radical (unpaired) electrons. The van der Waals surface area contributed by atoms with Crippen LogP contribution in [0, 0.1) is 0 Å². The fourth-order valence-electron chi connectivity index (χ4n) is 3.33. The summed E-state index contributed by atoms with van der Waals surface area (Å²) in [6.07, 6.45) is 0.332. The molecule has 4 amide bonds. The van der Waals surface area contributed by atoms with Gasteiger partial charge < -0.3 is 4.98 Å². The quantitative estimate of drug-likeness (QED) is 0.422. The lowest BCUT2D eigenvalue weighted by atomic mass is 10.1. The van der Waals surface area contributed by atoms with Crippen LogP contribution >= 0.6 is 0 Å². The van der Waals surface area contributed by atoms with Crippen LogP contribution < -0.4 is 10.9 Å². The molecule has 0 bridgehead atoms. The number of amides is 4. The Balaban J connectivity index is 1.20. The highest BCUT2D eigenvalue weighted by Crippen LogP contribution is 2.22. The van der Waals surface area contributed by atoms with Gasteiger partial charge in [0.25, 0.3) is 11.8 Å². The van der Waals surface area contributed by atoms with Crippen molar-refractivity contribution in [3.8, 4) is 0 Å². The number of fused-ring (bicyclic) bond motifs is 2. The monoisotopic (exact) mass is 405 g/mol. The Morgan fingerprint density at radius 2 is 1.53 bits per heavy atom. The van der Waals surface area contributed by atoms with E-state index in [-0.39, 0.29) is 37.6 Å². The van der Waals surface area contributed by atoms with Crippen LogP contribution in [0.2, 0.25) is 0 Å². The number of hydrogen-bond acceptors (Lipinski definition) is 5. The van der Waals surface area contributed by atoms with Crippen LogP contribution in [-0.2, 0) is 16.0 Å². The van der Waals surface area contributed by atoms with Gasteiger partial charge in [0.1, 0.15) is 5.82 Å². The van der Waals surface area contributed by atoms with E-state index in [4.69, 9.17) is 0 Å². The van der Waals surface area contributed by atoms with E-state index in [2.05, 4.69) is 20.8 Å². The zero-order valence-corrected chi connectivity index (χ0v) is 16.0. The van der Waals surface area contributed by atoms with Crippen LogP contribution in [0.4, 0.5) is 0 Å². The molecule has 2 aromatic carbocycles. The number of aromatic amines is 1. The smallest absolute Gasteiger partial charge is 0.261 e. The molecule has 0 fully saturated rings. The van der Waals surface area contributed by atoms with E-state index >= 15 is 0 Å². The van der Waals surface area contributed by atoms with Crippen molar-refractivity contribution in [3.05, 3.63) is 65.5 Å². The molecule has 0 saturated carbocycles. The van der Waals surface area contributed by atoms with Gasteiger partial charge in [-0.2, -0.15) is 0 Å². The highest BCUT2D eigenvalue weighted by atomic mass is 16.2. The molecule has 1 aliphatic heterocycles. The minimum absolute atomic E-state index is 0.00992. The third kappa shape index (κ3) is 3.90. The summed E-state index contributed by atoms with van der Waals surface area (Å²) in [5.41, 5.74) is 7.02. The molecule has 9 nitrogen and oxygen atoms in total. The highest BCUT2D eigenvalue weighted by molar-refractivity contribution is 6.21. The number of H-pyrrole nitrogens is 1. The molecule has 152 valence electrons. The molecule has 0 aliphatic carbocycles. The maximum absolute atomic E-state index is 12.3. The number of para-hydroxylation sites is 2. The number of imidazole rings is 1.